The maximum absolute atomic E-state index is 12.9. The molecule has 0 aliphatic carbocycles. The smallest absolute Gasteiger partial charge is 0.358 e. The molecule has 32 heavy (non-hydrogen) atoms. The van der Waals surface area contributed by atoms with Gasteiger partial charge in [-0.15, -0.1) is 17.9 Å². The molecule has 3 aromatic rings. The Morgan fingerprint density at radius 3 is 2.88 bits per heavy atom. The van der Waals surface area contributed by atoms with E-state index in [1.165, 1.54) is 16.3 Å². The van der Waals surface area contributed by atoms with E-state index in [1.807, 2.05) is 12.1 Å². The maximum atomic E-state index is 12.9. The molecule has 0 saturated carbocycles. The van der Waals surface area contributed by atoms with Crippen LogP contribution in [0.2, 0.25) is 5.02 Å². The van der Waals surface area contributed by atoms with Crippen molar-refractivity contribution in [3.63, 3.8) is 0 Å². The van der Waals surface area contributed by atoms with Gasteiger partial charge < -0.3 is 14.5 Å². The molecule has 1 N–H and O–H groups in total. The molecule has 0 radical (unpaired) electrons. The van der Waals surface area contributed by atoms with Crippen molar-refractivity contribution in [1.82, 2.24) is 9.99 Å². The fourth-order valence-electron chi connectivity index (χ4n) is 3.14. The van der Waals surface area contributed by atoms with Crippen LogP contribution in [-0.4, -0.2) is 40.7 Å². The zero-order chi connectivity index (χ0) is 22.5. The quantitative estimate of drug-likeness (QED) is 0.384. The molecule has 3 heterocycles. The number of carbonyl (C=O) groups is 2. The molecule has 1 aliphatic heterocycles. The van der Waals surface area contributed by atoms with Gasteiger partial charge >= 0.3 is 5.97 Å². The first kappa shape index (κ1) is 21.8. The van der Waals surface area contributed by atoms with Crippen molar-refractivity contribution in [2.45, 2.75) is 12.5 Å². The van der Waals surface area contributed by atoms with E-state index in [0.717, 1.165) is 5.56 Å². The zero-order valence-electron chi connectivity index (χ0n) is 16.9. The van der Waals surface area contributed by atoms with Crippen LogP contribution in [0.3, 0.4) is 0 Å². The number of anilines is 1. The number of ether oxygens (including phenoxy) is 1. The number of hydrogen-bond acceptors (Lipinski definition) is 8. The van der Waals surface area contributed by atoms with Crippen LogP contribution in [0.4, 0.5) is 5.13 Å². The van der Waals surface area contributed by atoms with Crippen LogP contribution in [0.5, 0.6) is 0 Å². The van der Waals surface area contributed by atoms with Gasteiger partial charge in [0.25, 0.3) is 5.91 Å². The van der Waals surface area contributed by atoms with Crippen molar-refractivity contribution in [2.24, 2.45) is 5.10 Å². The number of aromatic nitrogens is 1. The number of amides is 1. The second kappa shape index (κ2) is 9.80. The summed E-state index contributed by atoms with van der Waals surface area (Å²) in [7, 11) is 0. The Labute approximate surface area is 193 Å². The van der Waals surface area contributed by atoms with Crippen LogP contribution in [-0.2, 0) is 9.53 Å². The fraction of sp³-hybridized carbons (Fsp3) is 0.182. The number of thiazole rings is 1. The molecule has 4 rings (SSSR count). The van der Waals surface area contributed by atoms with Crippen molar-refractivity contribution in [3.05, 3.63) is 82.7 Å². The minimum Gasteiger partial charge on any atom is -0.467 e. The second-order valence-electron chi connectivity index (χ2n) is 6.81. The van der Waals surface area contributed by atoms with Crippen molar-refractivity contribution >= 4 is 45.7 Å². The van der Waals surface area contributed by atoms with E-state index in [0.29, 0.717) is 34.6 Å². The number of benzene rings is 1. The van der Waals surface area contributed by atoms with Gasteiger partial charge in [-0.05, 0) is 29.8 Å². The van der Waals surface area contributed by atoms with Gasteiger partial charge in [0.15, 0.2) is 17.4 Å². The van der Waals surface area contributed by atoms with E-state index in [9.17, 15) is 9.59 Å². The van der Waals surface area contributed by atoms with Gasteiger partial charge in [-0.2, -0.15) is 5.10 Å². The molecule has 1 aromatic carbocycles. The van der Waals surface area contributed by atoms with Gasteiger partial charge in [-0.3, -0.25) is 4.79 Å². The van der Waals surface area contributed by atoms with Crippen LogP contribution in [0, 0.1) is 0 Å². The lowest BCUT2D eigenvalue weighted by atomic mass is 10.0. The molecule has 10 heteroatoms. The summed E-state index contributed by atoms with van der Waals surface area (Å²) in [6, 6.07) is 10.3. The maximum Gasteiger partial charge on any atom is 0.358 e. The molecule has 1 atom stereocenters. The summed E-state index contributed by atoms with van der Waals surface area (Å²) in [4.78, 5) is 29.4. The summed E-state index contributed by atoms with van der Waals surface area (Å²) in [5.74, 6) is -0.560. The predicted octanol–water partition coefficient (Wildman–Crippen LogP) is 4.52. The molecule has 164 valence electrons. The fourth-order valence-corrected chi connectivity index (χ4v) is 3.95. The highest BCUT2D eigenvalue weighted by Gasteiger charge is 2.35. The van der Waals surface area contributed by atoms with Crippen LogP contribution in [0.25, 0.3) is 0 Å². The molecule has 0 saturated heterocycles. The van der Waals surface area contributed by atoms with E-state index in [2.05, 4.69) is 22.0 Å². The Balaban J connectivity index is 1.45. The molecule has 1 unspecified atom stereocenters. The van der Waals surface area contributed by atoms with Crippen LogP contribution >= 0.6 is 22.9 Å². The highest BCUT2D eigenvalue weighted by Crippen LogP contribution is 2.33. The molecule has 0 bridgehead atoms. The Bertz CT molecular complexity index is 1140. The second-order valence-corrected chi connectivity index (χ2v) is 8.11. The number of hydrogen-bond donors (Lipinski definition) is 1. The van der Waals surface area contributed by atoms with Crippen molar-refractivity contribution in [1.29, 1.82) is 0 Å². The molecule has 2 aromatic heterocycles. The Hall–Kier alpha value is -3.43. The number of nitrogens with zero attached hydrogens (tertiary/aromatic N) is 3. The summed E-state index contributed by atoms with van der Waals surface area (Å²) in [6.45, 7) is 3.67. The van der Waals surface area contributed by atoms with Crippen molar-refractivity contribution < 1.29 is 18.7 Å². The average molecular weight is 471 g/mol. The Morgan fingerprint density at radius 2 is 2.16 bits per heavy atom. The monoisotopic (exact) mass is 470 g/mol. The minimum absolute atomic E-state index is 0.128. The molecule has 8 nitrogen and oxygen atoms in total. The van der Waals surface area contributed by atoms with Crippen molar-refractivity contribution in [3.8, 4) is 0 Å². The number of esters is 1. The summed E-state index contributed by atoms with van der Waals surface area (Å²) in [5, 5.41) is 11.5. The molecular formula is C22H19ClN4O4S. The summed E-state index contributed by atoms with van der Waals surface area (Å²) in [5.41, 5.74) is 1.68. The van der Waals surface area contributed by atoms with Crippen LogP contribution < -0.4 is 5.32 Å². The Kier molecular flexibility index (Phi) is 6.67. The third kappa shape index (κ3) is 4.90. The molecule has 1 aliphatic rings. The number of carbonyl (C=O) groups excluding carboxylic acids is 2. The number of hydrazone groups is 1. The Morgan fingerprint density at radius 1 is 1.34 bits per heavy atom. The van der Waals surface area contributed by atoms with E-state index >= 15 is 0 Å². The highest BCUT2D eigenvalue weighted by atomic mass is 35.5. The van der Waals surface area contributed by atoms with Gasteiger partial charge in [-0.1, -0.05) is 29.8 Å². The van der Waals surface area contributed by atoms with Crippen molar-refractivity contribution in [2.75, 3.05) is 18.5 Å². The number of nitrogens with one attached hydrogen (secondary N) is 1. The zero-order valence-corrected chi connectivity index (χ0v) is 18.4. The lowest BCUT2D eigenvalue weighted by molar-refractivity contribution is -0.136. The molecular weight excluding hydrogens is 452 g/mol. The lowest BCUT2D eigenvalue weighted by Crippen LogP contribution is -2.31. The van der Waals surface area contributed by atoms with Gasteiger partial charge in [0.05, 0.1) is 12.0 Å². The van der Waals surface area contributed by atoms with Gasteiger partial charge in [0, 0.05) is 23.4 Å². The minimum atomic E-state index is -0.683. The van der Waals surface area contributed by atoms with E-state index in [4.69, 9.17) is 20.8 Å². The third-order valence-corrected chi connectivity index (χ3v) is 5.70. The standard InChI is InChI=1S/C22H19ClN4O4S/c1-2-9-24-22-25-17(13-32-22)21(29)31-12-20(28)27-18(19-4-3-10-30-19)11-16(26-27)14-5-7-15(23)8-6-14/h2-8,10,13,18H,1,9,11-12H2,(H,24,25). The van der Waals surface area contributed by atoms with Gasteiger partial charge in [0.1, 0.15) is 11.8 Å². The summed E-state index contributed by atoms with van der Waals surface area (Å²) >= 11 is 7.24. The van der Waals surface area contributed by atoms with E-state index in [-0.39, 0.29) is 5.69 Å². The lowest BCUT2D eigenvalue weighted by Gasteiger charge is -2.19. The van der Waals surface area contributed by atoms with Gasteiger partial charge in [0.2, 0.25) is 0 Å². The van der Waals surface area contributed by atoms with E-state index < -0.39 is 24.5 Å². The summed E-state index contributed by atoms with van der Waals surface area (Å²) < 4.78 is 10.7. The first-order valence-corrected chi connectivity index (χ1v) is 11.0. The third-order valence-electron chi connectivity index (χ3n) is 4.65. The topological polar surface area (TPSA) is 97.0 Å². The number of rotatable bonds is 8. The number of furan rings is 1. The van der Waals surface area contributed by atoms with E-state index in [1.54, 1.807) is 42.0 Å². The summed E-state index contributed by atoms with van der Waals surface area (Å²) in [6.07, 6.45) is 3.68. The van der Waals surface area contributed by atoms with Gasteiger partial charge in [-0.25, -0.2) is 14.8 Å². The normalized spacial score (nSPS) is 15.3. The molecule has 0 fully saturated rings. The molecule has 1 amide bonds. The highest BCUT2D eigenvalue weighted by molar-refractivity contribution is 7.13. The largest absolute Gasteiger partial charge is 0.467 e. The SMILES string of the molecule is C=CCNc1nc(C(=O)OCC(=O)N2N=C(c3ccc(Cl)cc3)CC2c2ccco2)cs1. The van der Waals surface area contributed by atoms with Crippen LogP contribution in [0.15, 0.2) is 70.2 Å². The molecule has 0 spiro atoms. The van der Waals surface area contributed by atoms with Crippen LogP contribution in [0.1, 0.15) is 34.3 Å². The average Bonchev–Trinajstić information content (AvgIpc) is 3.56. The first-order valence-electron chi connectivity index (χ1n) is 9.71. The predicted molar refractivity (Wildman–Crippen MR) is 122 cm³/mol. The number of halogens is 1. The first-order chi connectivity index (χ1) is 15.5.